The number of hydrogen-bond donors (Lipinski definition) is 1. The lowest BCUT2D eigenvalue weighted by Gasteiger charge is -2.01. The molecule has 0 radical (unpaired) electrons. The van der Waals surface area contributed by atoms with Gasteiger partial charge in [-0.25, -0.2) is 4.79 Å². The van der Waals surface area contributed by atoms with Crippen molar-refractivity contribution < 1.29 is 4.42 Å². The van der Waals surface area contributed by atoms with Crippen molar-refractivity contribution in [2.45, 2.75) is 0 Å². The van der Waals surface area contributed by atoms with Crippen LogP contribution in [-0.2, 0) is 0 Å². The molecule has 4 heteroatoms. The van der Waals surface area contributed by atoms with E-state index < -0.39 is 5.63 Å². The fourth-order valence-electron chi connectivity index (χ4n) is 1.85. The molecular weight excluding hydrogens is 230 g/mol. The monoisotopic (exact) mass is 239 g/mol. The molecule has 0 aliphatic carbocycles. The highest BCUT2D eigenvalue weighted by molar-refractivity contribution is 5.78. The molecule has 0 amide bonds. The summed E-state index contributed by atoms with van der Waals surface area (Å²) in [5.74, 6) is 0. The minimum atomic E-state index is -0.462. The summed E-state index contributed by atoms with van der Waals surface area (Å²) in [7, 11) is 0. The van der Waals surface area contributed by atoms with E-state index in [2.05, 4.69) is 4.98 Å². The number of rotatable bonds is 1. The van der Waals surface area contributed by atoms with Crippen molar-refractivity contribution >= 4 is 11.1 Å². The third kappa shape index (κ3) is 1.73. The largest absolute Gasteiger partial charge is 0.405 e. The summed E-state index contributed by atoms with van der Waals surface area (Å²) in [6.45, 7) is 0. The highest BCUT2D eigenvalue weighted by atomic mass is 16.4. The second-order valence-corrected chi connectivity index (χ2v) is 3.92. The number of H-pyrrole nitrogens is 1. The molecule has 0 aliphatic rings. The number of nitrogens with one attached hydrogen (secondary N) is 1. The lowest BCUT2D eigenvalue weighted by atomic mass is 10.1. The number of aromatic nitrogens is 1. The van der Waals surface area contributed by atoms with E-state index in [1.54, 1.807) is 12.1 Å². The molecular formula is C14H9NO3. The summed E-state index contributed by atoms with van der Waals surface area (Å²) in [5, 5.41) is 0.688. The zero-order chi connectivity index (χ0) is 12.5. The maximum Gasteiger partial charge on any atom is 0.345 e. The molecule has 88 valence electrons. The Kier molecular flexibility index (Phi) is 2.34. The van der Waals surface area contributed by atoms with Crippen LogP contribution >= 0.6 is 0 Å². The molecule has 4 nitrogen and oxygen atoms in total. The highest BCUT2D eigenvalue weighted by Crippen LogP contribution is 2.18. The van der Waals surface area contributed by atoms with Crippen molar-refractivity contribution in [1.29, 1.82) is 0 Å². The summed E-state index contributed by atoms with van der Waals surface area (Å²) >= 11 is 0. The molecule has 0 saturated heterocycles. The molecule has 0 aliphatic heterocycles. The van der Waals surface area contributed by atoms with Crippen LogP contribution < -0.4 is 11.2 Å². The number of benzene rings is 1. The third-order valence-electron chi connectivity index (χ3n) is 2.71. The van der Waals surface area contributed by atoms with Gasteiger partial charge >= 0.3 is 5.63 Å². The lowest BCUT2D eigenvalue weighted by Crippen LogP contribution is -2.07. The summed E-state index contributed by atoms with van der Waals surface area (Å²) in [6.07, 6.45) is 0. The molecule has 2 heterocycles. The first-order valence-corrected chi connectivity index (χ1v) is 5.47. The minimum absolute atomic E-state index is 0.201. The SMILES string of the molecule is O=c1ccc2cc(-c3ccccc3)c(=O)oc2[nH]1. The van der Waals surface area contributed by atoms with Crippen molar-refractivity contribution in [2.24, 2.45) is 0 Å². The van der Waals surface area contributed by atoms with Crippen LogP contribution in [-0.4, -0.2) is 4.98 Å². The van der Waals surface area contributed by atoms with Crippen molar-refractivity contribution in [3.8, 4) is 11.1 Å². The van der Waals surface area contributed by atoms with Crippen molar-refractivity contribution in [1.82, 2.24) is 4.98 Å². The molecule has 0 atom stereocenters. The minimum Gasteiger partial charge on any atom is -0.405 e. The predicted octanol–water partition coefficient (Wildman–Crippen LogP) is 2.15. The van der Waals surface area contributed by atoms with Crippen LogP contribution in [0.4, 0.5) is 0 Å². The molecule has 3 aromatic rings. The van der Waals surface area contributed by atoms with E-state index in [0.717, 1.165) is 5.56 Å². The van der Waals surface area contributed by atoms with Gasteiger partial charge in [-0.2, -0.15) is 0 Å². The number of hydrogen-bond acceptors (Lipinski definition) is 3. The van der Waals surface area contributed by atoms with Crippen molar-refractivity contribution in [2.75, 3.05) is 0 Å². The number of pyridine rings is 1. The van der Waals surface area contributed by atoms with E-state index in [1.165, 1.54) is 6.07 Å². The van der Waals surface area contributed by atoms with E-state index in [0.29, 0.717) is 10.9 Å². The fraction of sp³-hybridized carbons (Fsp3) is 0. The van der Waals surface area contributed by atoms with Crippen LogP contribution in [0.3, 0.4) is 0 Å². The van der Waals surface area contributed by atoms with E-state index in [1.807, 2.05) is 30.3 Å². The average Bonchev–Trinajstić information content (AvgIpc) is 2.39. The molecule has 0 bridgehead atoms. The van der Waals surface area contributed by atoms with Gasteiger partial charge in [-0.1, -0.05) is 30.3 Å². The van der Waals surface area contributed by atoms with Gasteiger partial charge < -0.3 is 4.42 Å². The maximum atomic E-state index is 11.9. The highest BCUT2D eigenvalue weighted by Gasteiger charge is 2.07. The normalized spacial score (nSPS) is 10.7. The second-order valence-electron chi connectivity index (χ2n) is 3.92. The zero-order valence-corrected chi connectivity index (χ0v) is 9.34. The van der Waals surface area contributed by atoms with Crippen LogP contribution in [0, 0.1) is 0 Å². The van der Waals surface area contributed by atoms with Gasteiger partial charge in [-0.3, -0.25) is 9.78 Å². The fourth-order valence-corrected chi connectivity index (χ4v) is 1.85. The molecule has 0 fully saturated rings. The molecule has 1 aromatic carbocycles. The predicted molar refractivity (Wildman–Crippen MR) is 68.5 cm³/mol. The summed E-state index contributed by atoms with van der Waals surface area (Å²) in [6, 6.07) is 14.0. The summed E-state index contributed by atoms with van der Waals surface area (Å²) in [5.41, 5.74) is 0.718. The Balaban J connectivity index is 2.32. The Bertz CT molecular complexity index is 816. The van der Waals surface area contributed by atoms with Gasteiger partial charge in [0.25, 0.3) is 5.56 Å². The Morgan fingerprint density at radius 2 is 1.72 bits per heavy atom. The lowest BCUT2D eigenvalue weighted by molar-refractivity contribution is 0.551. The van der Waals surface area contributed by atoms with Crippen LogP contribution in [0.15, 0.2) is 62.5 Å². The third-order valence-corrected chi connectivity index (χ3v) is 2.71. The first-order chi connectivity index (χ1) is 8.74. The van der Waals surface area contributed by atoms with Crippen molar-refractivity contribution in [3.63, 3.8) is 0 Å². The van der Waals surface area contributed by atoms with Crippen LogP contribution in [0.25, 0.3) is 22.2 Å². The molecule has 0 saturated carbocycles. The van der Waals surface area contributed by atoms with E-state index in [4.69, 9.17) is 4.42 Å². The molecule has 0 spiro atoms. The second kappa shape index (κ2) is 4.00. The van der Waals surface area contributed by atoms with Gasteiger partial charge in [0.05, 0.1) is 5.56 Å². The molecule has 3 rings (SSSR count). The first-order valence-electron chi connectivity index (χ1n) is 5.47. The maximum absolute atomic E-state index is 11.9. The summed E-state index contributed by atoms with van der Waals surface area (Å²) in [4.78, 5) is 25.5. The first kappa shape index (κ1) is 10.5. The standard InChI is InChI=1S/C14H9NO3/c16-12-7-6-10-8-11(9-4-2-1-3-5-9)14(17)18-13(10)15-12/h1-8H,(H,15,16). The Hall–Kier alpha value is -2.62. The summed E-state index contributed by atoms with van der Waals surface area (Å²) < 4.78 is 5.12. The van der Waals surface area contributed by atoms with Gasteiger partial charge in [0.2, 0.25) is 5.71 Å². The average molecular weight is 239 g/mol. The van der Waals surface area contributed by atoms with Crippen LogP contribution in [0.1, 0.15) is 0 Å². The Labute approximate surface area is 102 Å². The quantitative estimate of drug-likeness (QED) is 0.707. The smallest absolute Gasteiger partial charge is 0.345 e. The van der Waals surface area contributed by atoms with Gasteiger partial charge in [-0.15, -0.1) is 0 Å². The number of fused-ring (bicyclic) bond motifs is 1. The molecule has 1 N–H and O–H groups in total. The van der Waals surface area contributed by atoms with Gasteiger partial charge in [0.15, 0.2) is 0 Å². The molecule has 18 heavy (non-hydrogen) atoms. The number of aromatic amines is 1. The van der Waals surface area contributed by atoms with Crippen LogP contribution in [0.5, 0.6) is 0 Å². The Morgan fingerprint density at radius 3 is 2.50 bits per heavy atom. The topological polar surface area (TPSA) is 63.1 Å². The van der Waals surface area contributed by atoms with Gasteiger partial charge in [0, 0.05) is 11.5 Å². The van der Waals surface area contributed by atoms with Crippen molar-refractivity contribution in [3.05, 3.63) is 69.3 Å². The Morgan fingerprint density at radius 1 is 0.944 bits per heavy atom. The van der Waals surface area contributed by atoms with E-state index in [-0.39, 0.29) is 11.3 Å². The van der Waals surface area contributed by atoms with E-state index >= 15 is 0 Å². The van der Waals surface area contributed by atoms with Gasteiger partial charge in [-0.05, 0) is 17.7 Å². The van der Waals surface area contributed by atoms with Crippen LogP contribution in [0.2, 0.25) is 0 Å². The van der Waals surface area contributed by atoms with E-state index in [9.17, 15) is 9.59 Å². The van der Waals surface area contributed by atoms with Gasteiger partial charge in [0.1, 0.15) is 0 Å². The molecule has 0 unspecified atom stereocenters. The zero-order valence-electron chi connectivity index (χ0n) is 9.34. The molecule has 2 aromatic heterocycles.